The van der Waals surface area contributed by atoms with Crippen LogP contribution in [0.15, 0.2) is 42.6 Å². The molecule has 34 heavy (non-hydrogen) atoms. The smallest absolute Gasteiger partial charge is 0.410 e. The summed E-state index contributed by atoms with van der Waals surface area (Å²) in [6.45, 7) is 5.98. The molecule has 1 aliphatic carbocycles. The van der Waals surface area contributed by atoms with Crippen molar-refractivity contribution in [1.82, 2.24) is 9.88 Å². The minimum absolute atomic E-state index is 0.177. The van der Waals surface area contributed by atoms with Gasteiger partial charge in [-0.15, -0.1) is 0 Å². The summed E-state index contributed by atoms with van der Waals surface area (Å²) in [5.41, 5.74) is 1.44. The first-order valence-corrected chi connectivity index (χ1v) is 12.2. The number of hydrogen-bond donors (Lipinski definition) is 0. The van der Waals surface area contributed by atoms with Gasteiger partial charge in [-0.3, -0.25) is 14.7 Å². The highest BCUT2D eigenvalue weighted by atomic mass is 19.1. The molecule has 2 aliphatic rings. The number of para-hydroxylation sites is 1. The molecule has 0 N–H and O–H groups in total. The zero-order chi connectivity index (χ0) is 24.3. The van der Waals surface area contributed by atoms with Crippen molar-refractivity contribution in [2.24, 2.45) is 0 Å². The van der Waals surface area contributed by atoms with E-state index in [0.717, 1.165) is 24.1 Å². The van der Waals surface area contributed by atoms with Crippen LogP contribution in [0.3, 0.4) is 0 Å². The highest BCUT2D eigenvalue weighted by molar-refractivity contribution is 5.99. The Hall–Kier alpha value is -2.96. The second-order valence-corrected chi connectivity index (χ2v) is 10.3. The van der Waals surface area contributed by atoms with Crippen LogP contribution in [-0.2, 0) is 16.1 Å². The molecule has 0 bridgehead atoms. The van der Waals surface area contributed by atoms with Gasteiger partial charge in [-0.2, -0.15) is 0 Å². The third-order valence-corrected chi connectivity index (χ3v) is 6.55. The monoisotopic (exact) mass is 467 g/mol. The quantitative estimate of drug-likeness (QED) is 0.557. The van der Waals surface area contributed by atoms with E-state index in [9.17, 15) is 14.0 Å². The Balaban J connectivity index is 1.54. The SMILES string of the molecule is CC(C)(C)OC(=O)N1CC[C@@H]1C(=O)N(Cc1ccc(C2CCCCC2)nc1)c1ccccc1F. The average Bonchev–Trinajstić information content (AvgIpc) is 2.77. The van der Waals surface area contributed by atoms with Gasteiger partial charge in [0.2, 0.25) is 5.91 Å². The van der Waals surface area contributed by atoms with Crippen LogP contribution in [0.25, 0.3) is 0 Å². The third kappa shape index (κ3) is 5.57. The largest absolute Gasteiger partial charge is 0.444 e. The van der Waals surface area contributed by atoms with Crippen LogP contribution in [0.4, 0.5) is 14.9 Å². The highest BCUT2D eigenvalue weighted by Crippen LogP contribution is 2.32. The first-order valence-electron chi connectivity index (χ1n) is 12.2. The van der Waals surface area contributed by atoms with Crippen molar-refractivity contribution < 1.29 is 18.7 Å². The number of likely N-dealkylation sites (tertiary alicyclic amines) is 1. The van der Waals surface area contributed by atoms with E-state index in [-0.39, 0.29) is 18.1 Å². The Labute approximate surface area is 201 Å². The summed E-state index contributed by atoms with van der Waals surface area (Å²) < 4.78 is 20.2. The summed E-state index contributed by atoms with van der Waals surface area (Å²) in [6, 6.07) is 9.56. The van der Waals surface area contributed by atoms with Crippen LogP contribution >= 0.6 is 0 Å². The molecule has 4 rings (SSSR count). The molecule has 2 amide bonds. The molecule has 1 aromatic heterocycles. The lowest BCUT2D eigenvalue weighted by atomic mass is 9.86. The molecular formula is C27H34FN3O3. The van der Waals surface area contributed by atoms with Gasteiger partial charge in [0.1, 0.15) is 17.5 Å². The van der Waals surface area contributed by atoms with Crippen LogP contribution in [0.5, 0.6) is 0 Å². The van der Waals surface area contributed by atoms with Gasteiger partial charge < -0.3 is 9.64 Å². The number of rotatable bonds is 5. The van der Waals surface area contributed by atoms with Crippen molar-refractivity contribution in [1.29, 1.82) is 0 Å². The van der Waals surface area contributed by atoms with E-state index in [0.29, 0.717) is 18.9 Å². The number of pyridine rings is 1. The lowest BCUT2D eigenvalue weighted by Crippen LogP contribution is -2.60. The second kappa shape index (κ2) is 10.1. The fourth-order valence-corrected chi connectivity index (χ4v) is 4.67. The van der Waals surface area contributed by atoms with Gasteiger partial charge in [0, 0.05) is 24.4 Å². The summed E-state index contributed by atoms with van der Waals surface area (Å²) in [5.74, 6) is -0.311. The predicted molar refractivity (Wildman–Crippen MR) is 129 cm³/mol. The van der Waals surface area contributed by atoms with Crippen molar-refractivity contribution in [2.75, 3.05) is 11.4 Å². The summed E-state index contributed by atoms with van der Waals surface area (Å²) >= 11 is 0. The number of aromatic nitrogens is 1. The molecule has 6 nitrogen and oxygen atoms in total. The van der Waals surface area contributed by atoms with Crippen molar-refractivity contribution in [2.45, 2.75) is 83.4 Å². The molecule has 0 radical (unpaired) electrons. The van der Waals surface area contributed by atoms with E-state index in [2.05, 4.69) is 4.98 Å². The standard InChI is InChI=1S/C27H34FN3O3/c1-27(2,3)34-26(33)30-16-15-24(30)25(32)31(23-12-8-7-11-21(23)28)18-19-13-14-22(29-17-19)20-9-5-4-6-10-20/h7-8,11-14,17,20,24H,4-6,9-10,15-16,18H2,1-3H3/t24-/m1/s1. The van der Waals surface area contributed by atoms with E-state index in [1.165, 1.54) is 35.1 Å². The Morgan fingerprint density at radius 3 is 2.41 bits per heavy atom. The summed E-state index contributed by atoms with van der Waals surface area (Å²) in [5, 5.41) is 0. The van der Waals surface area contributed by atoms with E-state index in [1.54, 1.807) is 45.2 Å². The number of carbonyl (C=O) groups excluding carboxylic acids is 2. The maximum absolute atomic E-state index is 14.8. The van der Waals surface area contributed by atoms with Gasteiger partial charge in [0.05, 0.1) is 12.2 Å². The number of nitrogens with zero attached hydrogens (tertiary/aromatic N) is 3. The molecule has 182 valence electrons. The molecule has 0 spiro atoms. The number of amides is 2. The summed E-state index contributed by atoms with van der Waals surface area (Å²) in [4.78, 5) is 33.7. The second-order valence-electron chi connectivity index (χ2n) is 10.3. The Morgan fingerprint density at radius 1 is 1.09 bits per heavy atom. The fourth-order valence-electron chi connectivity index (χ4n) is 4.67. The van der Waals surface area contributed by atoms with Crippen molar-refractivity contribution in [3.05, 3.63) is 59.7 Å². The van der Waals surface area contributed by atoms with E-state index >= 15 is 0 Å². The topological polar surface area (TPSA) is 62.7 Å². The van der Waals surface area contributed by atoms with Gasteiger partial charge in [-0.1, -0.05) is 37.5 Å². The third-order valence-electron chi connectivity index (χ3n) is 6.55. The number of halogens is 1. The van der Waals surface area contributed by atoms with Crippen LogP contribution < -0.4 is 4.90 Å². The van der Waals surface area contributed by atoms with Gasteiger partial charge in [-0.25, -0.2) is 9.18 Å². The maximum Gasteiger partial charge on any atom is 0.410 e. The maximum atomic E-state index is 14.8. The van der Waals surface area contributed by atoms with Crippen LogP contribution in [0.2, 0.25) is 0 Å². The number of anilines is 1. The number of hydrogen-bond acceptors (Lipinski definition) is 4. The molecular weight excluding hydrogens is 433 g/mol. The fraction of sp³-hybridized carbons (Fsp3) is 0.519. The Morgan fingerprint density at radius 2 is 1.82 bits per heavy atom. The molecule has 2 heterocycles. The molecule has 0 unspecified atom stereocenters. The van der Waals surface area contributed by atoms with Gasteiger partial charge in [0.15, 0.2) is 0 Å². The van der Waals surface area contributed by atoms with Crippen molar-refractivity contribution in [3.63, 3.8) is 0 Å². The van der Waals surface area contributed by atoms with Gasteiger partial charge in [0.25, 0.3) is 0 Å². The average molecular weight is 468 g/mol. The first kappa shape index (κ1) is 24.2. The van der Waals surface area contributed by atoms with E-state index < -0.39 is 23.6 Å². The predicted octanol–water partition coefficient (Wildman–Crippen LogP) is 5.81. The first-order chi connectivity index (χ1) is 16.2. The van der Waals surface area contributed by atoms with E-state index in [1.807, 2.05) is 12.1 Å². The minimum Gasteiger partial charge on any atom is -0.444 e. The van der Waals surface area contributed by atoms with Crippen molar-refractivity contribution in [3.8, 4) is 0 Å². The van der Waals surface area contributed by atoms with Crippen LogP contribution in [0.1, 0.15) is 76.5 Å². The Bertz CT molecular complexity index is 1010. The van der Waals surface area contributed by atoms with E-state index in [4.69, 9.17) is 4.74 Å². The number of ether oxygens (including phenoxy) is 1. The van der Waals surface area contributed by atoms with Crippen LogP contribution in [-0.4, -0.2) is 40.1 Å². The Kier molecular flexibility index (Phi) is 7.19. The molecule has 2 aromatic rings. The number of carbonyl (C=O) groups is 2. The lowest BCUT2D eigenvalue weighted by Gasteiger charge is -2.42. The molecule has 7 heteroatoms. The minimum atomic E-state index is -0.677. The molecule has 1 aliphatic heterocycles. The molecule has 1 atom stereocenters. The molecule has 1 saturated heterocycles. The van der Waals surface area contributed by atoms with Gasteiger partial charge >= 0.3 is 6.09 Å². The molecule has 2 fully saturated rings. The molecule has 1 saturated carbocycles. The zero-order valence-electron chi connectivity index (χ0n) is 20.3. The number of benzene rings is 1. The highest BCUT2D eigenvalue weighted by Gasteiger charge is 2.42. The molecule has 1 aromatic carbocycles. The lowest BCUT2D eigenvalue weighted by molar-refractivity contribution is -0.128. The van der Waals surface area contributed by atoms with Gasteiger partial charge in [-0.05, 0) is 63.8 Å². The van der Waals surface area contributed by atoms with Crippen molar-refractivity contribution >= 4 is 17.7 Å². The summed E-state index contributed by atoms with van der Waals surface area (Å²) in [6.07, 6.45) is 7.86. The zero-order valence-corrected chi connectivity index (χ0v) is 20.3. The normalized spacial score (nSPS) is 18.8. The van der Waals surface area contributed by atoms with Crippen LogP contribution in [0, 0.1) is 5.82 Å². The summed E-state index contributed by atoms with van der Waals surface area (Å²) in [7, 11) is 0.